The summed E-state index contributed by atoms with van der Waals surface area (Å²) in [5.41, 5.74) is 3.08. The average molecular weight is 338 g/mol. The van der Waals surface area contributed by atoms with Gasteiger partial charge in [0, 0.05) is 24.8 Å². The van der Waals surface area contributed by atoms with E-state index in [1.165, 1.54) is 0 Å². The third-order valence-corrected chi connectivity index (χ3v) is 4.49. The second-order valence-electron chi connectivity index (χ2n) is 6.08. The molecule has 0 fully saturated rings. The van der Waals surface area contributed by atoms with Gasteiger partial charge in [0.15, 0.2) is 11.5 Å². The van der Waals surface area contributed by atoms with Crippen LogP contribution in [0.1, 0.15) is 22.3 Å². The average Bonchev–Trinajstić information content (AvgIpc) is 2.64. The van der Waals surface area contributed by atoms with Crippen LogP contribution in [0.25, 0.3) is 0 Å². The van der Waals surface area contributed by atoms with E-state index in [4.69, 9.17) is 9.47 Å². The van der Waals surface area contributed by atoms with Gasteiger partial charge in [-0.3, -0.25) is 9.59 Å². The molecule has 0 radical (unpaired) electrons. The molecule has 2 aromatic rings. The van der Waals surface area contributed by atoms with Gasteiger partial charge in [0.2, 0.25) is 5.91 Å². The quantitative estimate of drug-likeness (QED) is 0.914. The second-order valence-corrected chi connectivity index (χ2v) is 6.08. The smallest absolute Gasteiger partial charge is 0.259 e. The van der Waals surface area contributed by atoms with E-state index in [0.717, 1.165) is 11.3 Å². The minimum absolute atomic E-state index is 0.109. The lowest BCUT2D eigenvalue weighted by atomic mass is 10.0. The molecule has 0 atom stereocenters. The van der Waals surface area contributed by atoms with Crippen molar-refractivity contribution in [3.8, 4) is 11.5 Å². The zero-order valence-electron chi connectivity index (χ0n) is 13.9. The zero-order chi connectivity index (χ0) is 17.4. The molecule has 0 saturated heterocycles. The molecule has 2 aromatic carbocycles. The molecule has 4 rings (SSSR count). The fourth-order valence-electron chi connectivity index (χ4n) is 3.19. The monoisotopic (exact) mass is 338 g/mol. The van der Waals surface area contributed by atoms with E-state index < -0.39 is 0 Å². The van der Waals surface area contributed by atoms with Gasteiger partial charge in [0.25, 0.3) is 5.91 Å². The van der Waals surface area contributed by atoms with Crippen molar-refractivity contribution in [3.05, 3.63) is 47.5 Å². The van der Waals surface area contributed by atoms with Gasteiger partial charge < -0.3 is 19.7 Å². The van der Waals surface area contributed by atoms with Crippen LogP contribution in [0.2, 0.25) is 0 Å². The molecular weight excluding hydrogens is 320 g/mol. The van der Waals surface area contributed by atoms with Crippen molar-refractivity contribution in [1.29, 1.82) is 0 Å². The van der Waals surface area contributed by atoms with E-state index in [9.17, 15) is 9.59 Å². The van der Waals surface area contributed by atoms with Crippen LogP contribution in [0, 0.1) is 0 Å². The Morgan fingerprint density at radius 1 is 1.12 bits per heavy atom. The van der Waals surface area contributed by atoms with Crippen molar-refractivity contribution in [2.75, 3.05) is 30.5 Å². The number of carbonyl (C=O) groups is 2. The predicted octanol–water partition coefficient (Wildman–Crippen LogP) is 2.62. The first-order chi connectivity index (χ1) is 12.1. The molecule has 0 spiro atoms. The summed E-state index contributed by atoms with van der Waals surface area (Å²) < 4.78 is 11.1. The number of hydrogen-bond acceptors (Lipinski definition) is 4. The van der Waals surface area contributed by atoms with Gasteiger partial charge >= 0.3 is 0 Å². The fraction of sp³-hybridized carbons (Fsp3) is 0.263. The molecular formula is C19H18N2O4. The minimum Gasteiger partial charge on any atom is -0.486 e. The first kappa shape index (κ1) is 15.5. The molecule has 0 aromatic heterocycles. The van der Waals surface area contributed by atoms with Crippen molar-refractivity contribution in [2.45, 2.75) is 12.8 Å². The lowest BCUT2D eigenvalue weighted by Crippen LogP contribution is -2.31. The Bertz CT molecular complexity index is 862. The lowest BCUT2D eigenvalue weighted by Gasteiger charge is -2.26. The molecule has 6 nitrogen and oxygen atoms in total. The summed E-state index contributed by atoms with van der Waals surface area (Å²) in [6, 6.07) is 10.9. The van der Waals surface area contributed by atoms with Crippen LogP contribution in [-0.4, -0.2) is 32.1 Å². The van der Waals surface area contributed by atoms with Crippen LogP contribution in [0.4, 0.5) is 11.4 Å². The first-order valence-electron chi connectivity index (χ1n) is 8.23. The molecule has 2 heterocycles. The van der Waals surface area contributed by atoms with Crippen LogP contribution >= 0.6 is 0 Å². The molecule has 2 aliphatic heterocycles. The number of carbonyl (C=O) groups excluding carboxylic acids is 2. The van der Waals surface area contributed by atoms with Crippen LogP contribution in [0.15, 0.2) is 36.4 Å². The number of hydrogen-bond donors (Lipinski definition) is 1. The molecule has 128 valence electrons. The lowest BCUT2D eigenvalue weighted by molar-refractivity contribution is -0.118. The number of amides is 2. The van der Waals surface area contributed by atoms with Crippen molar-refractivity contribution < 1.29 is 19.1 Å². The molecule has 25 heavy (non-hydrogen) atoms. The number of para-hydroxylation sites is 1. The van der Waals surface area contributed by atoms with Crippen LogP contribution in [-0.2, 0) is 11.2 Å². The first-order valence-corrected chi connectivity index (χ1v) is 8.23. The van der Waals surface area contributed by atoms with Crippen molar-refractivity contribution in [2.24, 2.45) is 0 Å². The maximum Gasteiger partial charge on any atom is 0.259 e. The Labute approximate surface area is 145 Å². The number of anilines is 2. The summed E-state index contributed by atoms with van der Waals surface area (Å²) in [7, 11) is 1.77. The van der Waals surface area contributed by atoms with E-state index in [0.29, 0.717) is 48.8 Å². The summed E-state index contributed by atoms with van der Waals surface area (Å²) >= 11 is 0. The number of benzene rings is 2. The van der Waals surface area contributed by atoms with Gasteiger partial charge in [-0.1, -0.05) is 6.07 Å². The highest BCUT2D eigenvalue weighted by atomic mass is 16.6. The standard InChI is InChI=1S/C19H18N2O4/c1-21-15-7-6-13(11-12(15)5-8-17(21)22)20-19(23)14-3-2-4-16-18(14)25-10-9-24-16/h2-4,6-7,11H,5,8-10H2,1H3,(H,20,23). The number of fused-ring (bicyclic) bond motifs is 2. The Morgan fingerprint density at radius 2 is 1.96 bits per heavy atom. The van der Waals surface area contributed by atoms with E-state index >= 15 is 0 Å². The zero-order valence-corrected chi connectivity index (χ0v) is 13.9. The van der Waals surface area contributed by atoms with Crippen LogP contribution < -0.4 is 19.7 Å². The molecule has 0 saturated carbocycles. The number of ether oxygens (including phenoxy) is 2. The van der Waals surface area contributed by atoms with Crippen molar-refractivity contribution >= 4 is 23.2 Å². The normalized spacial score (nSPS) is 15.6. The molecule has 0 bridgehead atoms. The second kappa shape index (κ2) is 6.12. The summed E-state index contributed by atoms with van der Waals surface area (Å²) in [5, 5.41) is 2.91. The Hall–Kier alpha value is -3.02. The van der Waals surface area contributed by atoms with Crippen molar-refractivity contribution in [3.63, 3.8) is 0 Å². The van der Waals surface area contributed by atoms with Gasteiger partial charge in [-0.15, -0.1) is 0 Å². The van der Waals surface area contributed by atoms with E-state index in [1.54, 1.807) is 36.2 Å². The van der Waals surface area contributed by atoms with Crippen LogP contribution in [0.5, 0.6) is 11.5 Å². The summed E-state index contributed by atoms with van der Waals surface area (Å²) in [5.74, 6) is 0.930. The van der Waals surface area contributed by atoms with Gasteiger partial charge in [0.05, 0.1) is 5.56 Å². The summed E-state index contributed by atoms with van der Waals surface area (Å²) in [4.78, 5) is 26.1. The number of aryl methyl sites for hydroxylation is 1. The number of nitrogens with one attached hydrogen (secondary N) is 1. The fourth-order valence-corrected chi connectivity index (χ4v) is 3.19. The molecule has 0 unspecified atom stereocenters. The maximum atomic E-state index is 12.7. The third-order valence-electron chi connectivity index (χ3n) is 4.49. The minimum atomic E-state index is -0.248. The maximum absolute atomic E-state index is 12.7. The van der Waals surface area contributed by atoms with E-state index in [-0.39, 0.29) is 11.8 Å². The number of rotatable bonds is 2. The molecule has 0 aliphatic carbocycles. The largest absolute Gasteiger partial charge is 0.486 e. The molecule has 1 N–H and O–H groups in total. The summed E-state index contributed by atoms with van der Waals surface area (Å²) in [6.07, 6.45) is 1.16. The van der Waals surface area contributed by atoms with Crippen molar-refractivity contribution in [1.82, 2.24) is 0 Å². The summed E-state index contributed by atoms with van der Waals surface area (Å²) in [6.45, 7) is 0.908. The highest BCUT2D eigenvalue weighted by Gasteiger charge is 2.23. The van der Waals surface area contributed by atoms with Crippen LogP contribution in [0.3, 0.4) is 0 Å². The van der Waals surface area contributed by atoms with Gasteiger partial charge in [-0.25, -0.2) is 0 Å². The molecule has 2 amide bonds. The van der Waals surface area contributed by atoms with Gasteiger partial charge in [-0.2, -0.15) is 0 Å². The highest BCUT2D eigenvalue weighted by Crippen LogP contribution is 2.34. The Morgan fingerprint density at radius 3 is 2.84 bits per heavy atom. The number of nitrogens with zero attached hydrogens (tertiary/aromatic N) is 1. The molecule has 6 heteroatoms. The van der Waals surface area contributed by atoms with Gasteiger partial charge in [0.1, 0.15) is 13.2 Å². The van der Waals surface area contributed by atoms with E-state index in [1.807, 2.05) is 12.1 Å². The SMILES string of the molecule is CN1C(=O)CCc2cc(NC(=O)c3cccc4c3OCCO4)ccc21. The topological polar surface area (TPSA) is 67.9 Å². The predicted molar refractivity (Wildman–Crippen MR) is 93.6 cm³/mol. The highest BCUT2D eigenvalue weighted by molar-refractivity contribution is 6.07. The van der Waals surface area contributed by atoms with E-state index in [2.05, 4.69) is 5.32 Å². The Kier molecular flexibility index (Phi) is 3.80. The third kappa shape index (κ3) is 2.80. The van der Waals surface area contributed by atoms with Gasteiger partial charge in [-0.05, 0) is 42.3 Å². The Balaban J connectivity index is 1.59. The molecule has 2 aliphatic rings.